The highest BCUT2D eigenvalue weighted by Crippen LogP contribution is 2.20. The molecule has 1 aromatic carbocycles. The van der Waals surface area contributed by atoms with Gasteiger partial charge in [0.25, 0.3) is 0 Å². The number of benzene rings is 1. The van der Waals surface area contributed by atoms with E-state index in [2.05, 4.69) is 9.71 Å². The molecule has 1 aromatic heterocycles. The van der Waals surface area contributed by atoms with Crippen LogP contribution in [-0.4, -0.2) is 19.3 Å². The summed E-state index contributed by atoms with van der Waals surface area (Å²) < 4.78 is 26.6. The van der Waals surface area contributed by atoms with Crippen molar-refractivity contribution in [3.8, 4) is 0 Å². The largest absolute Gasteiger partial charge is 0.398 e. The highest BCUT2D eigenvalue weighted by Gasteiger charge is 2.18. The van der Waals surface area contributed by atoms with Crippen molar-refractivity contribution in [2.24, 2.45) is 5.73 Å². The Labute approximate surface area is 119 Å². The van der Waals surface area contributed by atoms with Crippen molar-refractivity contribution in [2.45, 2.75) is 11.4 Å². The molecule has 0 aliphatic rings. The molecule has 1 heterocycles. The summed E-state index contributed by atoms with van der Waals surface area (Å²) in [6, 6.07) is 3.81. The van der Waals surface area contributed by atoms with Crippen molar-refractivity contribution in [3.05, 3.63) is 40.3 Å². The maximum Gasteiger partial charge on any atom is 0.248 e. The van der Waals surface area contributed by atoms with Gasteiger partial charge in [0, 0.05) is 23.2 Å². The number of aromatic nitrogens is 1. The van der Waals surface area contributed by atoms with Crippen molar-refractivity contribution in [1.82, 2.24) is 9.71 Å². The van der Waals surface area contributed by atoms with Crippen molar-refractivity contribution in [3.63, 3.8) is 0 Å². The second-order valence-electron chi connectivity index (χ2n) is 3.91. The van der Waals surface area contributed by atoms with E-state index in [-0.39, 0.29) is 22.7 Å². The van der Waals surface area contributed by atoms with E-state index in [0.717, 1.165) is 4.88 Å². The van der Waals surface area contributed by atoms with E-state index in [9.17, 15) is 13.2 Å². The van der Waals surface area contributed by atoms with Gasteiger partial charge in [0.15, 0.2) is 0 Å². The zero-order valence-corrected chi connectivity index (χ0v) is 11.9. The second kappa shape index (κ2) is 5.57. The third kappa shape index (κ3) is 3.13. The van der Waals surface area contributed by atoms with Crippen molar-refractivity contribution in [1.29, 1.82) is 0 Å². The van der Waals surface area contributed by atoms with Crippen LogP contribution in [0.3, 0.4) is 0 Å². The molecule has 5 N–H and O–H groups in total. The van der Waals surface area contributed by atoms with Crippen LogP contribution >= 0.6 is 11.3 Å². The van der Waals surface area contributed by atoms with Gasteiger partial charge >= 0.3 is 0 Å². The fraction of sp³-hybridized carbons (Fsp3) is 0.0909. The van der Waals surface area contributed by atoms with Gasteiger partial charge in [-0.05, 0) is 18.2 Å². The Hall–Kier alpha value is -1.97. The number of hydrogen-bond donors (Lipinski definition) is 3. The number of primary amides is 1. The van der Waals surface area contributed by atoms with Gasteiger partial charge in [-0.3, -0.25) is 9.78 Å². The highest BCUT2D eigenvalue weighted by atomic mass is 32.2. The Bertz CT molecular complexity index is 726. The first-order chi connectivity index (χ1) is 9.40. The molecule has 106 valence electrons. The minimum absolute atomic E-state index is 0.0295. The summed E-state index contributed by atoms with van der Waals surface area (Å²) in [5.41, 5.74) is 12.5. The molecule has 0 radical (unpaired) electrons. The normalized spacial score (nSPS) is 11.4. The Morgan fingerprint density at radius 3 is 2.70 bits per heavy atom. The number of sulfonamides is 1. The lowest BCUT2D eigenvalue weighted by atomic mass is 10.2. The monoisotopic (exact) mass is 312 g/mol. The Morgan fingerprint density at radius 2 is 2.15 bits per heavy atom. The molecule has 9 heteroatoms. The van der Waals surface area contributed by atoms with Crippen LogP contribution in [-0.2, 0) is 16.6 Å². The zero-order chi connectivity index (χ0) is 14.8. The van der Waals surface area contributed by atoms with Gasteiger partial charge in [0.05, 0.1) is 11.2 Å². The van der Waals surface area contributed by atoms with Gasteiger partial charge in [0.2, 0.25) is 15.9 Å². The predicted octanol–water partition coefficient (Wildman–Crippen LogP) is 0.303. The van der Waals surface area contributed by atoms with Crippen molar-refractivity contribution in [2.75, 3.05) is 5.73 Å². The summed E-state index contributed by atoms with van der Waals surface area (Å²) in [6.45, 7) is 0.129. The van der Waals surface area contributed by atoms with E-state index < -0.39 is 15.9 Å². The van der Waals surface area contributed by atoms with Crippen LogP contribution in [0.1, 0.15) is 15.2 Å². The topological polar surface area (TPSA) is 128 Å². The van der Waals surface area contributed by atoms with Crippen LogP contribution in [0.25, 0.3) is 0 Å². The molecule has 0 bridgehead atoms. The zero-order valence-electron chi connectivity index (χ0n) is 10.2. The van der Waals surface area contributed by atoms with Crippen LogP contribution in [0.5, 0.6) is 0 Å². The number of rotatable bonds is 5. The molecule has 2 aromatic rings. The van der Waals surface area contributed by atoms with Crippen LogP contribution < -0.4 is 16.2 Å². The maximum atomic E-state index is 12.1. The molecule has 1 amide bonds. The van der Waals surface area contributed by atoms with Gasteiger partial charge in [-0.25, -0.2) is 13.1 Å². The molecule has 7 nitrogen and oxygen atoms in total. The molecule has 0 atom stereocenters. The molecule has 0 unspecified atom stereocenters. The van der Waals surface area contributed by atoms with E-state index >= 15 is 0 Å². The number of anilines is 1. The molecular weight excluding hydrogens is 300 g/mol. The minimum Gasteiger partial charge on any atom is -0.398 e. The van der Waals surface area contributed by atoms with Gasteiger partial charge in [-0.15, -0.1) is 11.3 Å². The number of nitrogens with one attached hydrogen (secondary N) is 1. The number of thiazole rings is 1. The first-order valence-electron chi connectivity index (χ1n) is 5.46. The third-order valence-corrected chi connectivity index (χ3v) is 4.76. The smallest absolute Gasteiger partial charge is 0.248 e. The number of carbonyl (C=O) groups excluding carboxylic acids is 1. The highest BCUT2D eigenvalue weighted by molar-refractivity contribution is 7.89. The summed E-state index contributed by atoms with van der Waals surface area (Å²) in [5, 5.41) is 0. The summed E-state index contributed by atoms with van der Waals surface area (Å²) in [4.78, 5) is 15.5. The van der Waals surface area contributed by atoms with Gasteiger partial charge in [-0.2, -0.15) is 0 Å². The standard InChI is InChI=1S/C11H12N4O3S2/c12-9-3-7(11(13)16)1-2-10(9)20(17,18)15-5-8-4-14-6-19-8/h1-4,6,15H,5,12H2,(H2,13,16). The van der Waals surface area contributed by atoms with Gasteiger partial charge < -0.3 is 11.5 Å². The van der Waals surface area contributed by atoms with Gasteiger partial charge in [0.1, 0.15) is 4.90 Å². The molecule has 20 heavy (non-hydrogen) atoms. The molecule has 0 saturated carbocycles. The fourth-order valence-corrected chi connectivity index (χ4v) is 3.26. The van der Waals surface area contributed by atoms with E-state index in [1.54, 1.807) is 11.7 Å². The lowest BCUT2D eigenvalue weighted by molar-refractivity contribution is 0.1000. The third-order valence-electron chi connectivity index (χ3n) is 2.50. The van der Waals surface area contributed by atoms with Gasteiger partial charge in [-0.1, -0.05) is 0 Å². The quantitative estimate of drug-likeness (QED) is 0.684. The van der Waals surface area contributed by atoms with E-state index in [1.165, 1.54) is 29.5 Å². The van der Waals surface area contributed by atoms with Crippen LogP contribution in [0.2, 0.25) is 0 Å². The average Bonchev–Trinajstić information content (AvgIpc) is 2.89. The predicted molar refractivity (Wildman–Crippen MR) is 75.5 cm³/mol. The molecular formula is C11H12N4O3S2. The average molecular weight is 312 g/mol. The lowest BCUT2D eigenvalue weighted by Crippen LogP contribution is -2.24. The van der Waals surface area contributed by atoms with Crippen molar-refractivity contribution < 1.29 is 13.2 Å². The van der Waals surface area contributed by atoms with E-state index in [0.29, 0.717) is 0 Å². The number of hydrogen-bond acceptors (Lipinski definition) is 6. The maximum absolute atomic E-state index is 12.1. The van der Waals surface area contributed by atoms with Crippen LogP contribution in [0, 0.1) is 0 Å². The first kappa shape index (κ1) is 14.4. The lowest BCUT2D eigenvalue weighted by Gasteiger charge is -2.09. The number of carbonyl (C=O) groups is 1. The summed E-state index contributed by atoms with van der Waals surface area (Å²) in [5.74, 6) is -0.668. The fourth-order valence-electron chi connectivity index (χ4n) is 1.52. The number of nitrogens with zero attached hydrogens (tertiary/aromatic N) is 1. The summed E-state index contributed by atoms with van der Waals surface area (Å²) in [6.07, 6.45) is 1.58. The summed E-state index contributed by atoms with van der Waals surface area (Å²) >= 11 is 1.34. The van der Waals surface area contributed by atoms with E-state index in [1.807, 2.05) is 0 Å². The molecule has 2 rings (SSSR count). The minimum atomic E-state index is -3.76. The Morgan fingerprint density at radius 1 is 1.40 bits per heavy atom. The number of amides is 1. The SMILES string of the molecule is NC(=O)c1ccc(S(=O)(=O)NCc2cncs2)c(N)c1. The van der Waals surface area contributed by atoms with E-state index in [4.69, 9.17) is 11.5 Å². The summed E-state index contributed by atoms with van der Waals surface area (Å²) in [7, 11) is -3.76. The Kier molecular flexibility index (Phi) is 4.02. The molecule has 0 aliphatic heterocycles. The number of nitrogens with two attached hydrogens (primary N) is 2. The molecule has 0 spiro atoms. The second-order valence-corrected chi connectivity index (χ2v) is 6.62. The Balaban J connectivity index is 2.23. The van der Waals surface area contributed by atoms with Crippen LogP contribution in [0.4, 0.5) is 5.69 Å². The van der Waals surface area contributed by atoms with Crippen LogP contribution in [0.15, 0.2) is 34.8 Å². The molecule has 0 fully saturated rings. The van der Waals surface area contributed by atoms with Crippen molar-refractivity contribution >= 4 is 33.0 Å². The number of nitrogen functional groups attached to an aromatic ring is 1. The molecule has 0 saturated heterocycles. The molecule has 0 aliphatic carbocycles. The first-order valence-corrected chi connectivity index (χ1v) is 7.83.